The molecule has 0 saturated carbocycles. The standard InChI is InChI=1S/C26H39N5O6/c1-16(2)14-20(24(34)29-19(23(27)33)15-17-6-8-18(32)9-7-17)30-26(36)22-21(37-22)25(35)28-10-13-31-11-4-3-5-12-31/h6-9,16,19-22,32H,3-5,10-15H2,1-2H3,(H2,27,33)(H,28,35)(H,29,34)(H,30,36)/t19-,20-,21+,22+/m0/s1. The fourth-order valence-electron chi connectivity index (χ4n) is 4.45. The number of carbonyl (C=O) groups excluding carboxylic acids is 4. The number of benzene rings is 1. The van der Waals surface area contributed by atoms with Crippen molar-refractivity contribution in [2.24, 2.45) is 11.7 Å². The molecule has 0 unspecified atom stereocenters. The van der Waals surface area contributed by atoms with Gasteiger partial charge in [0.25, 0.3) is 11.8 Å². The van der Waals surface area contributed by atoms with Gasteiger partial charge in [0.05, 0.1) is 0 Å². The van der Waals surface area contributed by atoms with E-state index in [1.165, 1.54) is 31.4 Å². The number of phenols is 1. The molecule has 37 heavy (non-hydrogen) atoms. The van der Waals surface area contributed by atoms with Gasteiger partial charge in [-0.1, -0.05) is 32.4 Å². The zero-order chi connectivity index (χ0) is 26.9. The summed E-state index contributed by atoms with van der Waals surface area (Å²) < 4.78 is 5.31. The van der Waals surface area contributed by atoms with Crippen molar-refractivity contribution in [1.82, 2.24) is 20.9 Å². The van der Waals surface area contributed by atoms with Gasteiger partial charge in [-0.05, 0) is 56.0 Å². The minimum atomic E-state index is -1.00. The summed E-state index contributed by atoms with van der Waals surface area (Å²) in [7, 11) is 0. The summed E-state index contributed by atoms with van der Waals surface area (Å²) in [6.07, 6.45) is 2.20. The van der Waals surface area contributed by atoms with Crippen LogP contribution in [0.25, 0.3) is 0 Å². The summed E-state index contributed by atoms with van der Waals surface area (Å²) in [6.45, 7) is 7.12. The lowest BCUT2D eigenvalue weighted by Crippen LogP contribution is -2.54. The van der Waals surface area contributed by atoms with E-state index in [1.54, 1.807) is 12.1 Å². The van der Waals surface area contributed by atoms with Gasteiger partial charge in [-0.3, -0.25) is 19.2 Å². The number of epoxide rings is 1. The Morgan fingerprint density at radius 3 is 2.27 bits per heavy atom. The topological polar surface area (TPSA) is 166 Å². The van der Waals surface area contributed by atoms with Crippen molar-refractivity contribution in [2.45, 2.75) is 70.2 Å². The monoisotopic (exact) mass is 517 g/mol. The summed E-state index contributed by atoms with van der Waals surface area (Å²) in [6, 6.07) is 4.29. The average molecular weight is 518 g/mol. The lowest BCUT2D eigenvalue weighted by atomic mass is 10.0. The maximum Gasteiger partial charge on any atom is 0.253 e. The first kappa shape index (κ1) is 28.4. The van der Waals surface area contributed by atoms with Crippen molar-refractivity contribution < 1.29 is 29.0 Å². The predicted octanol–water partition coefficient (Wildman–Crippen LogP) is -0.195. The zero-order valence-electron chi connectivity index (χ0n) is 21.6. The molecule has 4 amide bonds. The SMILES string of the molecule is CC(C)C[C@H](NC(=O)[C@@H]1O[C@H]1C(=O)NCCN1CCCCC1)C(=O)N[C@@H](Cc1ccc(O)cc1)C(N)=O. The molecule has 1 aromatic carbocycles. The highest BCUT2D eigenvalue weighted by Crippen LogP contribution is 2.23. The Balaban J connectivity index is 1.50. The number of hydrogen-bond acceptors (Lipinski definition) is 7. The second kappa shape index (κ2) is 13.4. The van der Waals surface area contributed by atoms with E-state index in [0.29, 0.717) is 18.5 Å². The first-order valence-corrected chi connectivity index (χ1v) is 13.0. The van der Waals surface area contributed by atoms with E-state index >= 15 is 0 Å². The molecular weight excluding hydrogens is 478 g/mol. The number of rotatable bonds is 13. The second-order valence-electron chi connectivity index (χ2n) is 10.2. The number of nitrogens with one attached hydrogen (secondary N) is 3. The molecule has 11 heteroatoms. The summed E-state index contributed by atoms with van der Waals surface area (Å²) in [4.78, 5) is 52.5. The molecule has 6 N–H and O–H groups in total. The van der Waals surface area contributed by atoms with Crippen LogP contribution in [0.1, 0.15) is 45.1 Å². The smallest absolute Gasteiger partial charge is 0.253 e. The summed E-state index contributed by atoms with van der Waals surface area (Å²) in [5.41, 5.74) is 6.21. The van der Waals surface area contributed by atoms with Crippen LogP contribution in [0, 0.1) is 5.92 Å². The fraction of sp³-hybridized carbons (Fsp3) is 0.615. The number of carbonyl (C=O) groups is 4. The van der Waals surface area contributed by atoms with Crippen molar-refractivity contribution >= 4 is 23.6 Å². The van der Waals surface area contributed by atoms with Crippen molar-refractivity contribution in [1.29, 1.82) is 0 Å². The fourth-order valence-corrected chi connectivity index (χ4v) is 4.45. The molecule has 2 heterocycles. The van der Waals surface area contributed by atoms with Crippen LogP contribution in [-0.2, 0) is 30.3 Å². The van der Waals surface area contributed by atoms with Gasteiger partial charge in [0.15, 0.2) is 12.2 Å². The third kappa shape index (κ3) is 9.01. The molecule has 3 rings (SSSR count). The van der Waals surface area contributed by atoms with Gasteiger partial charge in [0.2, 0.25) is 11.8 Å². The Kier molecular flexibility index (Phi) is 10.3. The number of nitrogens with zero attached hydrogens (tertiary/aromatic N) is 1. The van der Waals surface area contributed by atoms with Crippen LogP contribution in [0.15, 0.2) is 24.3 Å². The average Bonchev–Trinajstić information content (AvgIpc) is 3.66. The van der Waals surface area contributed by atoms with Crippen LogP contribution >= 0.6 is 0 Å². The number of phenolic OH excluding ortho intramolecular Hbond substituents is 1. The highest BCUT2D eigenvalue weighted by molar-refractivity contribution is 5.97. The molecule has 0 radical (unpaired) electrons. The molecule has 0 aliphatic carbocycles. The largest absolute Gasteiger partial charge is 0.508 e. The number of piperidine rings is 1. The minimum absolute atomic E-state index is 0.0641. The van der Waals surface area contributed by atoms with Crippen LogP contribution in [-0.4, -0.2) is 84.1 Å². The third-order valence-electron chi connectivity index (χ3n) is 6.56. The van der Waals surface area contributed by atoms with E-state index in [1.807, 2.05) is 13.8 Å². The normalized spacial score (nSPS) is 21.1. The quantitative estimate of drug-likeness (QED) is 0.226. The van der Waals surface area contributed by atoms with Gasteiger partial charge in [-0.15, -0.1) is 0 Å². The first-order valence-electron chi connectivity index (χ1n) is 13.0. The Bertz CT molecular complexity index is 947. The molecule has 2 aliphatic heterocycles. The van der Waals surface area contributed by atoms with Crippen LogP contribution in [0.4, 0.5) is 0 Å². The lowest BCUT2D eigenvalue weighted by Gasteiger charge is -2.26. The molecule has 0 spiro atoms. The Morgan fingerprint density at radius 2 is 1.65 bits per heavy atom. The van der Waals surface area contributed by atoms with Crippen molar-refractivity contribution in [2.75, 3.05) is 26.2 Å². The van der Waals surface area contributed by atoms with Crippen molar-refractivity contribution in [3.63, 3.8) is 0 Å². The summed E-state index contributed by atoms with van der Waals surface area (Å²) in [5.74, 6) is -2.01. The van der Waals surface area contributed by atoms with Crippen LogP contribution in [0.5, 0.6) is 5.75 Å². The van der Waals surface area contributed by atoms with Crippen molar-refractivity contribution in [3.8, 4) is 5.75 Å². The molecule has 2 aliphatic rings. The van der Waals surface area contributed by atoms with E-state index < -0.39 is 42.0 Å². The zero-order valence-corrected chi connectivity index (χ0v) is 21.6. The number of amides is 4. The Labute approximate surface area is 217 Å². The number of likely N-dealkylation sites (tertiary alicyclic amines) is 1. The van der Waals surface area contributed by atoms with E-state index in [-0.39, 0.29) is 24.0 Å². The van der Waals surface area contributed by atoms with Gasteiger partial charge in [0, 0.05) is 19.5 Å². The molecule has 2 fully saturated rings. The molecule has 1 aromatic rings. The Morgan fingerprint density at radius 1 is 1.00 bits per heavy atom. The number of hydrogen-bond donors (Lipinski definition) is 5. The maximum atomic E-state index is 13.0. The third-order valence-corrected chi connectivity index (χ3v) is 6.56. The van der Waals surface area contributed by atoms with Gasteiger partial charge in [-0.25, -0.2) is 0 Å². The minimum Gasteiger partial charge on any atom is -0.508 e. The van der Waals surface area contributed by atoms with Crippen LogP contribution < -0.4 is 21.7 Å². The molecular formula is C26H39N5O6. The number of aromatic hydroxyl groups is 1. The maximum absolute atomic E-state index is 13.0. The van der Waals surface area contributed by atoms with Crippen molar-refractivity contribution in [3.05, 3.63) is 29.8 Å². The highest BCUT2D eigenvalue weighted by Gasteiger charge is 2.51. The number of nitrogens with two attached hydrogens (primary N) is 1. The van der Waals surface area contributed by atoms with E-state index in [4.69, 9.17) is 10.5 Å². The molecule has 204 valence electrons. The summed E-state index contributed by atoms with van der Waals surface area (Å²) >= 11 is 0. The number of primary amides is 1. The van der Waals surface area contributed by atoms with E-state index in [2.05, 4.69) is 20.9 Å². The van der Waals surface area contributed by atoms with Crippen LogP contribution in [0.3, 0.4) is 0 Å². The van der Waals surface area contributed by atoms with E-state index in [0.717, 1.165) is 19.6 Å². The van der Waals surface area contributed by atoms with Gasteiger partial charge in [0.1, 0.15) is 17.8 Å². The van der Waals surface area contributed by atoms with Crippen LogP contribution in [0.2, 0.25) is 0 Å². The second-order valence-corrected chi connectivity index (χ2v) is 10.2. The molecule has 11 nitrogen and oxygen atoms in total. The molecule has 0 bridgehead atoms. The summed E-state index contributed by atoms with van der Waals surface area (Å²) in [5, 5.41) is 17.6. The lowest BCUT2D eigenvalue weighted by molar-refractivity contribution is -0.132. The van der Waals surface area contributed by atoms with Gasteiger partial charge in [-0.2, -0.15) is 0 Å². The molecule has 4 atom stereocenters. The van der Waals surface area contributed by atoms with Gasteiger partial charge >= 0.3 is 0 Å². The number of ether oxygens (including phenoxy) is 1. The molecule has 2 saturated heterocycles. The van der Waals surface area contributed by atoms with E-state index in [9.17, 15) is 24.3 Å². The molecule has 0 aromatic heterocycles. The highest BCUT2D eigenvalue weighted by atomic mass is 16.6. The predicted molar refractivity (Wildman–Crippen MR) is 136 cm³/mol. The first-order chi connectivity index (χ1) is 17.6. The Hall–Kier alpha value is -3.18. The van der Waals surface area contributed by atoms with Gasteiger partial charge < -0.3 is 36.4 Å².